The van der Waals surface area contributed by atoms with Crippen molar-refractivity contribution in [3.63, 3.8) is 0 Å². The van der Waals surface area contributed by atoms with Gasteiger partial charge in [-0.05, 0) is 17.7 Å². The first kappa shape index (κ1) is 12.6. The van der Waals surface area contributed by atoms with E-state index >= 15 is 0 Å². The van der Waals surface area contributed by atoms with Gasteiger partial charge >= 0.3 is 0 Å². The van der Waals surface area contributed by atoms with Crippen LogP contribution in [-0.2, 0) is 0 Å². The van der Waals surface area contributed by atoms with Gasteiger partial charge < -0.3 is 9.47 Å². The first-order valence-corrected chi connectivity index (χ1v) is 5.96. The van der Waals surface area contributed by atoms with Gasteiger partial charge in [-0.15, -0.1) is 0 Å². The van der Waals surface area contributed by atoms with Crippen LogP contribution >= 0.6 is 0 Å². The zero-order valence-corrected chi connectivity index (χ0v) is 10.9. The zero-order valence-electron chi connectivity index (χ0n) is 10.9. The van der Waals surface area contributed by atoms with E-state index in [1.54, 1.807) is 0 Å². The van der Waals surface area contributed by atoms with Gasteiger partial charge in [0.25, 0.3) is 5.79 Å². The van der Waals surface area contributed by atoms with E-state index in [-0.39, 0.29) is 5.41 Å². The maximum Gasteiger partial charge on any atom is 0.256 e. The van der Waals surface area contributed by atoms with Crippen molar-refractivity contribution in [1.29, 1.82) is 0 Å². The van der Waals surface area contributed by atoms with Gasteiger partial charge in [-0.1, -0.05) is 38.0 Å². The summed E-state index contributed by atoms with van der Waals surface area (Å²) in [5, 5.41) is 3.58. The Morgan fingerprint density at radius 1 is 1.22 bits per heavy atom. The Kier molecular flexibility index (Phi) is 3.09. The fourth-order valence-electron chi connectivity index (χ4n) is 2.02. The van der Waals surface area contributed by atoms with E-state index in [4.69, 9.17) is 15.0 Å². The third-order valence-corrected chi connectivity index (χ3v) is 3.15. The number of hydrogen-bond acceptors (Lipinski definition) is 3. The minimum atomic E-state index is -0.773. The molecule has 0 saturated carbocycles. The first-order valence-electron chi connectivity index (χ1n) is 5.96. The molecule has 0 saturated heterocycles. The van der Waals surface area contributed by atoms with Crippen LogP contribution in [0.3, 0.4) is 0 Å². The van der Waals surface area contributed by atoms with E-state index in [0.717, 1.165) is 11.5 Å². The summed E-state index contributed by atoms with van der Waals surface area (Å²) in [5.41, 5.74) is 8.15. The van der Waals surface area contributed by atoms with E-state index < -0.39 is 5.79 Å². The van der Waals surface area contributed by atoms with Crippen molar-refractivity contribution in [2.75, 3.05) is 6.54 Å². The molecule has 5 heteroatoms. The number of ether oxygens (including phenoxy) is 2. The molecule has 96 valence electrons. The van der Waals surface area contributed by atoms with Gasteiger partial charge in [0.05, 0.1) is 0 Å². The van der Waals surface area contributed by atoms with Crippen LogP contribution in [0.15, 0.2) is 29.4 Å². The number of para-hydroxylation sites is 2. The molecule has 0 N–H and O–H groups in total. The van der Waals surface area contributed by atoms with Crippen molar-refractivity contribution in [3.8, 4) is 11.5 Å². The Morgan fingerprint density at radius 2 is 1.78 bits per heavy atom. The van der Waals surface area contributed by atoms with Crippen molar-refractivity contribution in [2.45, 2.75) is 33.0 Å². The smallest absolute Gasteiger partial charge is 0.256 e. The second-order valence-corrected chi connectivity index (χ2v) is 5.36. The summed E-state index contributed by atoms with van der Waals surface area (Å²) in [4.78, 5) is 2.77. The van der Waals surface area contributed by atoms with Gasteiger partial charge in [-0.3, -0.25) is 0 Å². The maximum atomic E-state index is 8.38. The number of nitrogens with zero attached hydrogens (tertiary/aromatic N) is 3. The summed E-state index contributed by atoms with van der Waals surface area (Å²) in [6.07, 6.45) is 0.523. The minimum absolute atomic E-state index is 0.225. The topological polar surface area (TPSA) is 67.2 Å². The third kappa shape index (κ3) is 2.09. The molecule has 2 rings (SSSR count). The van der Waals surface area contributed by atoms with E-state index in [1.807, 2.05) is 24.3 Å². The van der Waals surface area contributed by atoms with Crippen molar-refractivity contribution in [3.05, 3.63) is 34.7 Å². The average Bonchev–Trinajstić information content (AvgIpc) is 2.68. The lowest BCUT2D eigenvalue weighted by molar-refractivity contribution is -0.161. The molecule has 1 aliphatic heterocycles. The molecule has 0 radical (unpaired) electrons. The van der Waals surface area contributed by atoms with E-state index in [1.165, 1.54) is 0 Å². The number of fused-ring (bicyclic) bond motifs is 1. The van der Waals surface area contributed by atoms with Gasteiger partial charge in [0.2, 0.25) is 0 Å². The average molecular weight is 247 g/mol. The van der Waals surface area contributed by atoms with Crippen LogP contribution in [0.4, 0.5) is 0 Å². The Bertz CT molecular complexity index is 462. The highest BCUT2D eigenvalue weighted by atomic mass is 16.7. The van der Waals surface area contributed by atoms with Crippen molar-refractivity contribution in [1.82, 2.24) is 0 Å². The van der Waals surface area contributed by atoms with Crippen molar-refractivity contribution >= 4 is 0 Å². The predicted molar refractivity (Wildman–Crippen MR) is 68.5 cm³/mol. The van der Waals surface area contributed by atoms with E-state index in [0.29, 0.717) is 13.0 Å². The highest BCUT2D eigenvalue weighted by Crippen LogP contribution is 2.48. The Labute approximate surface area is 106 Å². The molecule has 1 heterocycles. The molecule has 5 nitrogen and oxygen atoms in total. The molecule has 1 aromatic rings. The Balaban J connectivity index is 2.28. The molecule has 0 aromatic heterocycles. The van der Waals surface area contributed by atoms with Gasteiger partial charge in [-0.2, -0.15) is 0 Å². The second kappa shape index (κ2) is 4.42. The fourth-order valence-corrected chi connectivity index (χ4v) is 2.02. The number of benzene rings is 1. The zero-order chi connectivity index (χ0) is 13.2. The summed E-state index contributed by atoms with van der Waals surface area (Å²) < 4.78 is 12.0. The standard InChI is InChI=1S/C13H17N3O2/c1-12(2,3)13(8-9-15-16-14)17-10-6-4-5-7-11(10)18-13/h4-7H,8-9H2,1-3H3. The largest absolute Gasteiger partial charge is 0.448 e. The molecule has 0 bridgehead atoms. The molecule has 0 fully saturated rings. The van der Waals surface area contributed by atoms with Crippen molar-refractivity contribution in [2.24, 2.45) is 10.5 Å². The van der Waals surface area contributed by atoms with Crippen LogP contribution < -0.4 is 9.47 Å². The molecule has 0 aliphatic carbocycles. The molecule has 0 spiro atoms. The molecule has 0 unspecified atom stereocenters. The number of rotatable bonds is 3. The minimum Gasteiger partial charge on any atom is -0.448 e. The van der Waals surface area contributed by atoms with Gasteiger partial charge in [-0.25, -0.2) is 0 Å². The highest BCUT2D eigenvalue weighted by molar-refractivity contribution is 5.43. The molecule has 1 aliphatic rings. The molecule has 18 heavy (non-hydrogen) atoms. The molecular formula is C13H17N3O2. The third-order valence-electron chi connectivity index (χ3n) is 3.15. The van der Waals surface area contributed by atoms with Crippen LogP contribution in [0.5, 0.6) is 11.5 Å². The number of hydrogen-bond donors (Lipinski definition) is 0. The van der Waals surface area contributed by atoms with Crippen LogP contribution in [0.2, 0.25) is 0 Å². The Morgan fingerprint density at radius 3 is 2.22 bits per heavy atom. The summed E-state index contributed by atoms with van der Waals surface area (Å²) in [5.74, 6) is 0.715. The van der Waals surface area contributed by atoms with E-state index in [9.17, 15) is 0 Å². The van der Waals surface area contributed by atoms with Gasteiger partial charge in [0.15, 0.2) is 11.5 Å². The maximum absolute atomic E-state index is 8.38. The highest BCUT2D eigenvalue weighted by Gasteiger charge is 2.50. The summed E-state index contributed by atoms with van der Waals surface area (Å²) >= 11 is 0. The molecule has 0 atom stereocenters. The summed E-state index contributed by atoms with van der Waals surface area (Å²) in [6.45, 7) is 6.50. The van der Waals surface area contributed by atoms with Crippen molar-refractivity contribution < 1.29 is 9.47 Å². The van der Waals surface area contributed by atoms with Gasteiger partial charge in [0, 0.05) is 23.3 Å². The lowest BCUT2D eigenvalue weighted by Crippen LogP contribution is -2.51. The fraction of sp³-hybridized carbons (Fsp3) is 0.538. The second-order valence-electron chi connectivity index (χ2n) is 5.36. The van der Waals surface area contributed by atoms with Crippen LogP contribution in [0.25, 0.3) is 10.4 Å². The SMILES string of the molecule is CC(C)(C)C1(CCN=[N+]=[N-])Oc2ccccc2O1. The lowest BCUT2D eigenvalue weighted by atomic mass is 9.83. The quantitative estimate of drug-likeness (QED) is 0.461. The van der Waals surface area contributed by atoms with E-state index in [2.05, 4.69) is 30.8 Å². The first-order chi connectivity index (χ1) is 8.48. The normalized spacial score (nSPS) is 16.2. The van der Waals surface area contributed by atoms with Crippen LogP contribution in [0.1, 0.15) is 27.2 Å². The predicted octanol–water partition coefficient (Wildman–Crippen LogP) is 3.90. The molecule has 0 amide bonds. The Hall–Kier alpha value is -1.87. The molecule has 1 aromatic carbocycles. The summed E-state index contributed by atoms with van der Waals surface area (Å²) in [6, 6.07) is 7.59. The van der Waals surface area contributed by atoms with Gasteiger partial charge in [0.1, 0.15) is 0 Å². The number of azide groups is 1. The monoisotopic (exact) mass is 247 g/mol. The lowest BCUT2D eigenvalue weighted by Gasteiger charge is -2.39. The summed E-state index contributed by atoms with van der Waals surface area (Å²) in [7, 11) is 0. The van der Waals surface area contributed by atoms with Crippen LogP contribution in [-0.4, -0.2) is 12.3 Å². The molecular weight excluding hydrogens is 230 g/mol. The van der Waals surface area contributed by atoms with Crippen LogP contribution in [0, 0.1) is 5.41 Å².